The number of rotatable bonds is 5. The van der Waals surface area contributed by atoms with Crippen LogP contribution < -0.4 is 5.32 Å². The molecule has 1 aromatic carbocycles. The van der Waals surface area contributed by atoms with Crippen LogP contribution in [0.4, 0.5) is 4.39 Å². The standard InChI is InChI=1S/C20H23FN2O3/c21-17-4-2-1-3-14(17)5-8-19(25)23-15-9-11-20(26,12-10-15)18-7-6-16(24)13-22-18/h1-4,6-7,13,15,24,26H,5,8-12H2,(H,23,25)/t15-,20-. The van der Waals surface area contributed by atoms with Gasteiger partial charge in [-0.1, -0.05) is 18.2 Å². The Kier molecular flexibility index (Phi) is 5.52. The molecule has 3 rings (SSSR count). The number of aromatic nitrogens is 1. The highest BCUT2D eigenvalue weighted by molar-refractivity contribution is 5.76. The van der Waals surface area contributed by atoms with Gasteiger partial charge >= 0.3 is 0 Å². The van der Waals surface area contributed by atoms with Crippen molar-refractivity contribution in [3.63, 3.8) is 0 Å². The zero-order valence-corrected chi connectivity index (χ0v) is 14.5. The summed E-state index contributed by atoms with van der Waals surface area (Å²) < 4.78 is 13.6. The maximum absolute atomic E-state index is 13.6. The van der Waals surface area contributed by atoms with E-state index in [1.165, 1.54) is 18.3 Å². The minimum absolute atomic E-state index is 0.000473. The van der Waals surface area contributed by atoms with Gasteiger partial charge in [0.2, 0.25) is 5.91 Å². The number of hydrogen-bond donors (Lipinski definition) is 3. The monoisotopic (exact) mass is 358 g/mol. The second-order valence-electron chi connectivity index (χ2n) is 6.87. The molecule has 1 aliphatic carbocycles. The number of hydrogen-bond acceptors (Lipinski definition) is 4. The van der Waals surface area contributed by atoms with Gasteiger partial charge in [-0.2, -0.15) is 0 Å². The summed E-state index contributed by atoms with van der Waals surface area (Å²) in [4.78, 5) is 16.2. The van der Waals surface area contributed by atoms with Crippen molar-refractivity contribution in [3.8, 4) is 5.75 Å². The lowest BCUT2D eigenvalue weighted by Gasteiger charge is -2.35. The SMILES string of the molecule is O=C(CCc1ccccc1F)N[C@H]1CC[C@@](O)(c2ccc(O)cn2)CC1. The fraction of sp³-hybridized carbons (Fsp3) is 0.400. The van der Waals surface area contributed by atoms with Crippen LogP contribution in [0.5, 0.6) is 5.75 Å². The highest BCUT2D eigenvalue weighted by Crippen LogP contribution is 2.36. The molecule has 0 spiro atoms. The first-order valence-corrected chi connectivity index (χ1v) is 8.87. The Morgan fingerprint density at radius 2 is 1.96 bits per heavy atom. The molecule has 0 aliphatic heterocycles. The van der Waals surface area contributed by atoms with Gasteiger partial charge in [0, 0.05) is 12.5 Å². The Hall–Kier alpha value is -2.47. The van der Waals surface area contributed by atoms with E-state index < -0.39 is 5.60 Å². The molecule has 1 heterocycles. The topological polar surface area (TPSA) is 82.5 Å². The number of pyridine rings is 1. The van der Waals surface area contributed by atoms with Gasteiger partial charge in [0.1, 0.15) is 17.2 Å². The quantitative estimate of drug-likeness (QED) is 0.768. The van der Waals surface area contributed by atoms with Gasteiger partial charge in [0.15, 0.2) is 0 Å². The summed E-state index contributed by atoms with van der Waals surface area (Å²) in [5.74, 6) is -0.330. The fourth-order valence-corrected chi connectivity index (χ4v) is 3.41. The molecule has 2 aromatic rings. The van der Waals surface area contributed by atoms with Crippen LogP contribution in [0, 0.1) is 5.82 Å². The van der Waals surface area contributed by atoms with Crippen LogP contribution in [0.2, 0.25) is 0 Å². The molecular formula is C20H23FN2O3. The molecule has 0 saturated heterocycles. The molecule has 3 N–H and O–H groups in total. The smallest absolute Gasteiger partial charge is 0.220 e. The van der Waals surface area contributed by atoms with E-state index in [0.29, 0.717) is 43.4 Å². The first-order valence-electron chi connectivity index (χ1n) is 8.87. The fourth-order valence-electron chi connectivity index (χ4n) is 3.41. The third-order valence-corrected chi connectivity index (χ3v) is 4.98. The van der Waals surface area contributed by atoms with Gasteiger partial charge in [-0.05, 0) is 55.9 Å². The van der Waals surface area contributed by atoms with Crippen LogP contribution in [-0.4, -0.2) is 27.1 Å². The Balaban J connectivity index is 1.48. The van der Waals surface area contributed by atoms with Gasteiger partial charge in [-0.15, -0.1) is 0 Å². The van der Waals surface area contributed by atoms with Crippen LogP contribution in [0.25, 0.3) is 0 Å². The molecular weight excluding hydrogens is 335 g/mol. The van der Waals surface area contributed by atoms with Crippen LogP contribution in [0.1, 0.15) is 43.4 Å². The van der Waals surface area contributed by atoms with Crippen molar-refractivity contribution in [3.05, 3.63) is 59.7 Å². The van der Waals surface area contributed by atoms with Crippen LogP contribution in [0.15, 0.2) is 42.6 Å². The number of benzene rings is 1. The number of aliphatic hydroxyl groups is 1. The maximum Gasteiger partial charge on any atom is 0.220 e. The normalized spacial score (nSPS) is 22.8. The molecule has 1 aromatic heterocycles. The van der Waals surface area contributed by atoms with Gasteiger partial charge in [-0.25, -0.2) is 4.39 Å². The van der Waals surface area contributed by atoms with E-state index in [9.17, 15) is 19.4 Å². The van der Waals surface area contributed by atoms with Gasteiger partial charge in [-0.3, -0.25) is 9.78 Å². The van der Waals surface area contributed by atoms with Crippen LogP contribution in [-0.2, 0) is 16.8 Å². The first-order chi connectivity index (χ1) is 12.5. The summed E-state index contributed by atoms with van der Waals surface area (Å²) in [5.41, 5.74) is 0.0564. The number of amides is 1. The molecule has 26 heavy (non-hydrogen) atoms. The van der Waals surface area contributed by atoms with Gasteiger partial charge in [0.25, 0.3) is 0 Å². The molecule has 1 amide bonds. The summed E-state index contributed by atoms with van der Waals surface area (Å²) in [7, 11) is 0. The average molecular weight is 358 g/mol. The molecule has 0 atom stereocenters. The molecule has 6 heteroatoms. The van der Waals surface area contributed by atoms with E-state index in [4.69, 9.17) is 0 Å². The van der Waals surface area contributed by atoms with Gasteiger partial charge in [0.05, 0.1) is 11.9 Å². The maximum atomic E-state index is 13.6. The molecule has 0 radical (unpaired) electrons. The number of nitrogens with zero attached hydrogens (tertiary/aromatic N) is 1. The van der Waals surface area contributed by atoms with Crippen molar-refractivity contribution in [1.82, 2.24) is 10.3 Å². The predicted molar refractivity (Wildman–Crippen MR) is 94.9 cm³/mol. The molecule has 0 unspecified atom stereocenters. The van der Waals surface area contributed by atoms with E-state index in [-0.39, 0.29) is 29.9 Å². The highest BCUT2D eigenvalue weighted by atomic mass is 19.1. The number of aromatic hydroxyl groups is 1. The van der Waals surface area contributed by atoms with Crippen molar-refractivity contribution in [2.75, 3.05) is 0 Å². The third-order valence-electron chi connectivity index (χ3n) is 4.98. The number of aryl methyl sites for hydroxylation is 1. The lowest BCUT2D eigenvalue weighted by Crippen LogP contribution is -2.42. The number of nitrogens with one attached hydrogen (secondary N) is 1. The van der Waals surface area contributed by atoms with Crippen molar-refractivity contribution in [2.45, 2.75) is 50.2 Å². The van der Waals surface area contributed by atoms with Gasteiger partial charge < -0.3 is 15.5 Å². The second kappa shape index (κ2) is 7.83. The zero-order valence-electron chi connectivity index (χ0n) is 14.5. The number of halogens is 1. The molecule has 5 nitrogen and oxygen atoms in total. The zero-order chi connectivity index (χ0) is 18.6. The summed E-state index contributed by atoms with van der Waals surface area (Å²) >= 11 is 0. The second-order valence-corrected chi connectivity index (χ2v) is 6.87. The highest BCUT2D eigenvalue weighted by Gasteiger charge is 2.36. The third kappa shape index (κ3) is 4.38. The van der Waals surface area contributed by atoms with E-state index in [0.717, 1.165) is 0 Å². The minimum atomic E-state index is -1.03. The lowest BCUT2D eigenvalue weighted by molar-refractivity contribution is -0.122. The Morgan fingerprint density at radius 1 is 1.23 bits per heavy atom. The van der Waals surface area contributed by atoms with Crippen molar-refractivity contribution >= 4 is 5.91 Å². The summed E-state index contributed by atoms with van der Waals surface area (Å²) in [6.45, 7) is 0. The molecule has 0 bridgehead atoms. The van der Waals surface area contributed by atoms with Crippen molar-refractivity contribution in [2.24, 2.45) is 0 Å². The van der Waals surface area contributed by atoms with E-state index in [1.807, 2.05) is 0 Å². The Labute approximate surface area is 151 Å². The Bertz CT molecular complexity index is 756. The molecule has 1 saturated carbocycles. The molecule has 1 aliphatic rings. The molecule has 138 valence electrons. The molecule has 1 fully saturated rings. The Morgan fingerprint density at radius 3 is 2.62 bits per heavy atom. The van der Waals surface area contributed by atoms with Crippen LogP contribution in [0.3, 0.4) is 0 Å². The summed E-state index contributed by atoms with van der Waals surface area (Å²) in [6.07, 6.45) is 4.19. The number of carbonyl (C=O) groups excluding carboxylic acids is 1. The van der Waals surface area contributed by atoms with E-state index in [2.05, 4.69) is 10.3 Å². The predicted octanol–water partition coefficient (Wildman–Crippen LogP) is 2.81. The van der Waals surface area contributed by atoms with Crippen LogP contribution >= 0.6 is 0 Å². The largest absolute Gasteiger partial charge is 0.506 e. The summed E-state index contributed by atoms with van der Waals surface area (Å²) in [6, 6.07) is 9.61. The summed E-state index contributed by atoms with van der Waals surface area (Å²) in [5, 5.41) is 23.1. The lowest BCUT2D eigenvalue weighted by atomic mass is 9.80. The van der Waals surface area contributed by atoms with E-state index in [1.54, 1.807) is 24.3 Å². The van der Waals surface area contributed by atoms with Crippen molar-refractivity contribution in [1.29, 1.82) is 0 Å². The minimum Gasteiger partial charge on any atom is -0.506 e. The van der Waals surface area contributed by atoms with Crippen molar-refractivity contribution < 1.29 is 19.4 Å². The average Bonchev–Trinajstić information content (AvgIpc) is 2.64. The van der Waals surface area contributed by atoms with E-state index >= 15 is 0 Å². The first kappa shape index (κ1) is 18.3. The number of carbonyl (C=O) groups is 1.